The molecule has 1 aromatic rings. The van der Waals surface area contributed by atoms with Crippen molar-refractivity contribution in [2.24, 2.45) is 5.92 Å². The van der Waals surface area contributed by atoms with Gasteiger partial charge in [0.2, 0.25) is 5.56 Å². The highest BCUT2D eigenvalue weighted by atomic mass is 16.5. The number of ether oxygens (including phenoxy) is 2. The fourth-order valence-corrected chi connectivity index (χ4v) is 3.21. The summed E-state index contributed by atoms with van der Waals surface area (Å²) >= 11 is 0. The summed E-state index contributed by atoms with van der Waals surface area (Å²) in [6.07, 6.45) is 2.47. The molecule has 2 saturated heterocycles. The van der Waals surface area contributed by atoms with Gasteiger partial charge in [-0.15, -0.1) is 0 Å². The van der Waals surface area contributed by atoms with E-state index >= 15 is 0 Å². The number of aromatic amines is 1. The minimum Gasteiger partial charge on any atom is -0.381 e. The zero-order valence-corrected chi connectivity index (χ0v) is 13.1. The van der Waals surface area contributed by atoms with Crippen LogP contribution in [0, 0.1) is 5.92 Å². The number of carbonyl (C=O) groups is 1. The quantitative estimate of drug-likeness (QED) is 0.787. The molecule has 0 saturated carbocycles. The highest BCUT2D eigenvalue weighted by Crippen LogP contribution is 2.21. The summed E-state index contributed by atoms with van der Waals surface area (Å²) in [6, 6.07) is 3.16. The maximum absolute atomic E-state index is 12.3. The largest absolute Gasteiger partial charge is 0.381 e. The zero-order chi connectivity index (χ0) is 16.1. The highest BCUT2D eigenvalue weighted by Gasteiger charge is 2.31. The Bertz CT molecular complexity index is 556. The van der Waals surface area contributed by atoms with Gasteiger partial charge in [-0.1, -0.05) is 0 Å². The Balaban J connectivity index is 1.62. The van der Waals surface area contributed by atoms with E-state index in [1.807, 2.05) is 0 Å². The second kappa shape index (κ2) is 7.72. The number of amides is 1. The van der Waals surface area contributed by atoms with Crippen LogP contribution in [0.1, 0.15) is 16.8 Å². The van der Waals surface area contributed by atoms with Crippen molar-refractivity contribution in [1.29, 1.82) is 0 Å². The van der Waals surface area contributed by atoms with E-state index in [9.17, 15) is 9.59 Å². The van der Waals surface area contributed by atoms with Crippen LogP contribution in [0.25, 0.3) is 0 Å². The fourth-order valence-electron chi connectivity index (χ4n) is 3.21. The van der Waals surface area contributed by atoms with Gasteiger partial charge in [-0.05, 0) is 12.5 Å². The van der Waals surface area contributed by atoms with Crippen LogP contribution in [-0.2, 0) is 9.47 Å². The Morgan fingerprint density at radius 3 is 2.78 bits per heavy atom. The van der Waals surface area contributed by atoms with Gasteiger partial charge in [-0.3, -0.25) is 14.5 Å². The standard InChI is InChI=1S/C16H23N3O4/c20-15-2-1-12(9-17-15)16(21)18-10-14(13-3-6-23-11-13)19-4-7-22-8-5-19/h1-2,9,13-14H,3-8,10-11H2,(H,17,20)(H,18,21)/t13-,14-/m0/s1. The van der Waals surface area contributed by atoms with Crippen LogP contribution in [0.4, 0.5) is 0 Å². The van der Waals surface area contributed by atoms with Gasteiger partial charge in [0.05, 0.1) is 25.4 Å². The molecule has 7 nitrogen and oxygen atoms in total. The average Bonchev–Trinajstić information content (AvgIpc) is 3.11. The molecule has 0 aromatic carbocycles. The number of pyridine rings is 1. The van der Waals surface area contributed by atoms with Gasteiger partial charge in [0, 0.05) is 50.5 Å². The monoisotopic (exact) mass is 321 g/mol. The van der Waals surface area contributed by atoms with E-state index in [0.717, 1.165) is 45.9 Å². The summed E-state index contributed by atoms with van der Waals surface area (Å²) in [4.78, 5) is 28.2. The van der Waals surface area contributed by atoms with Crippen LogP contribution in [0.5, 0.6) is 0 Å². The van der Waals surface area contributed by atoms with Crippen LogP contribution in [0.15, 0.2) is 23.1 Å². The summed E-state index contributed by atoms with van der Waals surface area (Å²) in [5.41, 5.74) is 0.254. The molecule has 1 aromatic heterocycles. The average molecular weight is 321 g/mol. The molecule has 7 heteroatoms. The van der Waals surface area contributed by atoms with E-state index < -0.39 is 0 Å². The van der Waals surface area contributed by atoms with Crippen LogP contribution in [-0.4, -0.2) is 67.9 Å². The first-order valence-electron chi connectivity index (χ1n) is 8.10. The maximum Gasteiger partial charge on any atom is 0.252 e. The second-order valence-electron chi connectivity index (χ2n) is 5.99. The third kappa shape index (κ3) is 4.19. The van der Waals surface area contributed by atoms with Gasteiger partial charge >= 0.3 is 0 Å². The predicted octanol–water partition coefficient (Wildman–Crippen LogP) is -0.158. The number of morpholine rings is 1. The van der Waals surface area contributed by atoms with Crippen molar-refractivity contribution in [2.45, 2.75) is 12.5 Å². The minimum atomic E-state index is -0.212. The molecule has 2 fully saturated rings. The molecule has 2 N–H and O–H groups in total. The van der Waals surface area contributed by atoms with E-state index in [-0.39, 0.29) is 17.5 Å². The van der Waals surface area contributed by atoms with Crippen LogP contribution >= 0.6 is 0 Å². The first kappa shape index (κ1) is 16.2. The van der Waals surface area contributed by atoms with E-state index in [0.29, 0.717) is 18.0 Å². The van der Waals surface area contributed by atoms with E-state index in [1.54, 1.807) is 0 Å². The zero-order valence-electron chi connectivity index (χ0n) is 13.1. The van der Waals surface area contributed by atoms with Gasteiger partial charge in [-0.2, -0.15) is 0 Å². The molecular weight excluding hydrogens is 298 g/mol. The smallest absolute Gasteiger partial charge is 0.252 e. The summed E-state index contributed by atoms with van der Waals surface area (Å²) in [5, 5.41) is 2.99. The number of rotatable bonds is 5. The van der Waals surface area contributed by atoms with Crippen molar-refractivity contribution in [2.75, 3.05) is 46.1 Å². The van der Waals surface area contributed by atoms with Crippen molar-refractivity contribution in [3.05, 3.63) is 34.2 Å². The predicted molar refractivity (Wildman–Crippen MR) is 84.5 cm³/mol. The summed E-state index contributed by atoms with van der Waals surface area (Å²) in [7, 11) is 0. The molecular formula is C16H23N3O4. The van der Waals surface area contributed by atoms with E-state index in [1.165, 1.54) is 18.3 Å². The lowest BCUT2D eigenvalue weighted by Crippen LogP contribution is -2.52. The molecule has 3 heterocycles. The molecule has 2 aliphatic heterocycles. The number of hydrogen-bond acceptors (Lipinski definition) is 5. The fraction of sp³-hybridized carbons (Fsp3) is 0.625. The lowest BCUT2D eigenvalue weighted by Gasteiger charge is -2.37. The number of nitrogens with one attached hydrogen (secondary N) is 2. The van der Waals surface area contributed by atoms with Gasteiger partial charge < -0.3 is 19.8 Å². The van der Waals surface area contributed by atoms with Crippen molar-refractivity contribution >= 4 is 5.91 Å². The molecule has 126 valence electrons. The molecule has 23 heavy (non-hydrogen) atoms. The highest BCUT2D eigenvalue weighted by molar-refractivity contribution is 5.93. The Kier molecular flexibility index (Phi) is 5.43. The summed E-state index contributed by atoms with van der Waals surface area (Å²) in [5.74, 6) is 0.266. The summed E-state index contributed by atoms with van der Waals surface area (Å²) in [6.45, 7) is 5.35. The molecule has 0 unspecified atom stereocenters. The minimum absolute atomic E-state index is 0.168. The molecule has 0 spiro atoms. The molecule has 0 aliphatic carbocycles. The van der Waals surface area contributed by atoms with Crippen molar-refractivity contribution < 1.29 is 14.3 Å². The molecule has 0 bridgehead atoms. The van der Waals surface area contributed by atoms with Crippen LogP contribution in [0.2, 0.25) is 0 Å². The third-order valence-corrected chi connectivity index (χ3v) is 4.54. The normalized spacial score (nSPS) is 23.6. The van der Waals surface area contributed by atoms with Gasteiger partial charge in [0.1, 0.15) is 0 Å². The van der Waals surface area contributed by atoms with Crippen molar-refractivity contribution in [1.82, 2.24) is 15.2 Å². The lowest BCUT2D eigenvalue weighted by atomic mass is 9.96. The van der Waals surface area contributed by atoms with Gasteiger partial charge in [-0.25, -0.2) is 0 Å². The van der Waals surface area contributed by atoms with Gasteiger partial charge in [0.15, 0.2) is 0 Å². The number of carbonyl (C=O) groups excluding carboxylic acids is 1. The van der Waals surface area contributed by atoms with E-state index in [4.69, 9.17) is 9.47 Å². The number of aromatic nitrogens is 1. The van der Waals surface area contributed by atoms with Crippen molar-refractivity contribution in [3.8, 4) is 0 Å². The maximum atomic E-state index is 12.3. The topological polar surface area (TPSA) is 83.7 Å². The van der Waals surface area contributed by atoms with Crippen LogP contribution < -0.4 is 10.9 Å². The Hall–Kier alpha value is -1.70. The molecule has 0 radical (unpaired) electrons. The van der Waals surface area contributed by atoms with Crippen molar-refractivity contribution in [3.63, 3.8) is 0 Å². The van der Waals surface area contributed by atoms with E-state index in [2.05, 4.69) is 15.2 Å². The van der Waals surface area contributed by atoms with Gasteiger partial charge in [0.25, 0.3) is 5.91 Å². The molecule has 2 aliphatic rings. The second-order valence-corrected chi connectivity index (χ2v) is 5.99. The first-order chi connectivity index (χ1) is 11.2. The lowest BCUT2D eigenvalue weighted by molar-refractivity contribution is 0.00166. The number of nitrogens with zero attached hydrogens (tertiary/aromatic N) is 1. The van der Waals surface area contributed by atoms with Crippen LogP contribution in [0.3, 0.4) is 0 Å². The number of hydrogen-bond donors (Lipinski definition) is 2. The first-order valence-corrected chi connectivity index (χ1v) is 8.10. The Labute approximate surface area is 135 Å². The Morgan fingerprint density at radius 2 is 2.13 bits per heavy atom. The molecule has 3 rings (SSSR count). The molecule has 2 atom stereocenters. The third-order valence-electron chi connectivity index (χ3n) is 4.54. The molecule has 1 amide bonds. The number of H-pyrrole nitrogens is 1. The SMILES string of the molecule is O=C(NC[C@@H]([C@H]1CCOC1)N1CCOCC1)c1ccc(=O)[nH]c1. The Morgan fingerprint density at radius 1 is 1.30 bits per heavy atom. The summed E-state index contributed by atoms with van der Waals surface area (Å²) < 4.78 is 10.9.